The molecule has 1 aliphatic rings. The van der Waals surface area contributed by atoms with Crippen LogP contribution in [0.1, 0.15) is 25.0 Å². The molecule has 1 unspecified atom stereocenters. The summed E-state index contributed by atoms with van der Waals surface area (Å²) in [5.74, 6) is -0.334. The number of nitrogens with zero attached hydrogens (tertiary/aromatic N) is 1. The normalized spacial score (nSPS) is 22.0. The Kier molecular flexibility index (Phi) is 3.76. The molecule has 1 saturated heterocycles. The summed E-state index contributed by atoms with van der Waals surface area (Å²) < 4.78 is 0. The van der Waals surface area contributed by atoms with E-state index in [2.05, 4.69) is 12.2 Å². The highest BCUT2D eigenvalue weighted by Gasteiger charge is 2.48. The van der Waals surface area contributed by atoms with Gasteiger partial charge in [0.1, 0.15) is 5.54 Å². The van der Waals surface area contributed by atoms with E-state index in [0.717, 1.165) is 16.9 Å². The van der Waals surface area contributed by atoms with Gasteiger partial charge in [0.05, 0.1) is 11.5 Å². The Morgan fingerprint density at radius 3 is 2.45 bits per heavy atom. The standard InChI is InChI=1S/C14H17N3O2S/c1-3-9-4-6-10(7-5-9)14(2)12(18)17(8-11(15)20)13(19)16-14/h4-7H,3,8H2,1-2H3,(H2,15,20)(H,16,19). The first-order valence-electron chi connectivity index (χ1n) is 6.40. The second kappa shape index (κ2) is 5.20. The van der Waals surface area contributed by atoms with Gasteiger partial charge in [0.15, 0.2) is 0 Å². The molecule has 5 nitrogen and oxygen atoms in total. The quantitative estimate of drug-likeness (QED) is 0.648. The Morgan fingerprint density at radius 2 is 1.95 bits per heavy atom. The molecule has 106 valence electrons. The molecular weight excluding hydrogens is 274 g/mol. The minimum Gasteiger partial charge on any atom is -0.392 e. The van der Waals surface area contributed by atoms with Crippen LogP contribution in [-0.2, 0) is 16.8 Å². The van der Waals surface area contributed by atoms with Crippen molar-refractivity contribution >= 4 is 29.1 Å². The summed E-state index contributed by atoms with van der Waals surface area (Å²) in [5, 5.41) is 2.71. The number of thiocarbonyl (C=S) groups is 1. The monoisotopic (exact) mass is 291 g/mol. The maximum Gasteiger partial charge on any atom is 0.325 e. The van der Waals surface area contributed by atoms with Crippen LogP contribution in [-0.4, -0.2) is 28.4 Å². The van der Waals surface area contributed by atoms with Crippen molar-refractivity contribution < 1.29 is 9.59 Å². The molecule has 0 radical (unpaired) electrons. The molecule has 0 aromatic heterocycles. The van der Waals surface area contributed by atoms with Crippen LogP contribution in [0.5, 0.6) is 0 Å². The zero-order valence-corrected chi connectivity index (χ0v) is 12.3. The van der Waals surface area contributed by atoms with Gasteiger partial charge in [-0.25, -0.2) is 4.79 Å². The third-order valence-corrected chi connectivity index (χ3v) is 3.66. The molecule has 20 heavy (non-hydrogen) atoms. The minimum atomic E-state index is -1.06. The van der Waals surface area contributed by atoms with Crippen LogP contribution in [0, 0.1) is 0 Å². The SMILES string of the molecule is CCc1ccc(C2(C)NC(=O)N(CC(N)=S)C2=O)cc1. The van der Waals surface area contributed by atoms with Crippen molar-refractivity contribution in [1.29, 1.82) is 0 Å². The van der Waals surface area contributed by atoms with Gasteiger partial charge in [-0.15, -0.1) is 0 Å². The third-order valence-electron chi connectivity index (χ3n) is 3.53. The average molecular weight is 291 g/mol. The third kappa shape index (κ3) is 2.38. The zero-order chi connectivity index (χ0) is 14.9. The first-order valence-corrected chi connectivity index (χ1v) is 6.81. The molecule has 3 amide bonds. The zero-order valence-electron chi connectivity index (χ0n) is 11.5. The number of nitrogens with one attached hydrogen (secondary N) is 1. The molecule has 1 heterocycles. The number of aryl methyl sites for hydroxylation is 1. The van der Waals surface area contributed by atoms with Crippen LogP contribution in [0.15, 0.2) is 24.3 Å². The Hall–Kier alpha value is -1.95. The number of hydrogen-bond acceptors (Lipinski definition) is 3. The number of rotatable bonds is 4. The van der Waals surface area contributed by atoms with Crippen molar-refractivity contribution in [2.75, 3.05) is 6.54 Å². The van der Waals surface area contributed by atoms with E-state index in [1.165, 1.54) is 5.56 Å². The van der Waals surface area contributed by atoms with Crippen LogP contribution in [0.3, 0.4) is 0 Å². The van der Waals surface area contributed by atoms with Crippen molar-refractivity contribution in [3.05, 3.63) is 35.4 Å². The maximum absolute atomic E-state index is 12.5. The predicted molar refractivity (Wildman–Crippen MR) is 80.2 cm³/mol. The summed E-state index contributed by atoms with van der Waals surface area (Å²) in [6.07, 6.45) is 0.921. The van der Waals surface area contributed by atoms with E-state index in [9.17, 15) is 9.59 Å². The fourth-order valence-electron chi connectivity index (χ4n) is 2.27. The Bertz CT molecular complexity index is 570. The van der Waals surface area contributed by atoms with E-state index in [1.54, 1.807) is 6.92 Å². The van der Waals surface area contributed by atoms with Crippen LogP contribution < -0.4 is 11.1 Å². The van der Waals surface area contributed by atoms with Gasteiger partial charge in [0.2, 0.25) is 0 Å². The Morgan fingerprint density at radius 1 is 1.35 bits per heavy atom. The van der Waals surface area contributed by atoms with Crippen molar-refractivity contribution in [3.63, 3.8) is 0 Å². The fraction of sp³-hybridized carbons (Fsp3) is 0.357. The number of imide groups is 1. The van der Waals surface area contributed by atoms with Crippen LogP contribution >= 0.6 is 12.2 Å². The van der Waals surface area contributed by atoms with Gasteiger partial charge in [-0.3, -0.25) is 9.69 Å². The van der Waals surface area contributed by atoms with Gasteiger partial charge < -0.3 is 11.1 Å². The lowest BCUT2D eigenvalue weighted by Gasteiger charge is -2.22. The summed E-state index contributed by atoms with van der Waals surface area (Å²) in [6.45, 7) is 3.71. The Balaban J connectivity index is 2.32. The van der Waals surface area contributed by atoms with Crippen molar-refractivity contribution in [3.8, 4) is 0 Å². The first kappa shape index (κ1) is 14.5. The average Bonchev–Trinajstić information content (AvgIpc) is 2.63. The maximum atomic E-state index is 12.5. The number of urea groups is 1. The van der Waals surface area contributed by atoms with Gasteiger partial charge >= 0.3 is 6.03 Å². The highest BCUT2D eigenvalue weighted by Crippen LogP contribution is 2.28. The number of carbonyl (C=O) groups is 2. The summed E-state index contributed by atoms with van der Waals surface area (Å²) in [7, 11) is 0. The molecule has 0 aliphatic carbocycles. The van der Waals surface area contributed by atoms with Gasteiger partial charge in [-0.1, -0.05) is 43.4 Å². The topological polar surface area (TPSA) is 75.4 Å². The molecule has 1 aromatic carbocycles. The van der Waals surface area contributed by atoms with Gasteiger partial charge in [-0.2, -0.15) is 0 Å². The number of benzene rings is 1. The summed E-state index contributed by atoms with van der Waals surface area (Å²) in [5.41, 5.74) is 6.28. The molecule has 0 saturated carbocycles. The van der Waals surface area contributed by atoms with Crippen molar-refractivity contribution in [2.45, 2.75) is 25.8 Å². The lowest BCUT2D eigenvalue weighted by atomic mass is 9.91. The summed E-state index contributed by atoms with van der Waals surface area (Å²) in [4.78, 5) is 25.5. The van der Waals surface area contributed by atoms with E-state index >= 15 is 0 Å². The van der Waals surface area contributed by atoms with E-state index in [-0.39, 0.29) is 17.4 Å². The fourth-order valence-corrected chi connectivity index (χ4v) is 2.39. The Labute approximate surface area is 123 Å². The molecule has 2 rings (SSSR count). The second-order valence-corrected chi connectivity index (χ2v) is 5.49. The second-order valence-electron chi connectivity index (χ2n) is 4.96. The lowest BCUT2D eigenvalue weighted by molar-refractivity contribution is -0.130. The minimum absolute atomic E-state index is 0.0391. The predicted octanol–water partition coefficient (Wildman–Crippen LogP) is 1.30. The summed E-state index contributed by atoms with van der Waals surface area (Å²) in [6, 6.07) is 7.17. The highest BCUT2D eigenvalue weighted by atomic mass is 32.1. The van der Waals surface area contributed by atoms with E-state index in [0.29, 0.717) is 0 Å². The highest BCUT2D eigenvalue weighted by molar-refractivity contribution is 7.80. The molecule has 6 heteroatoms. The molecular formula is C14H17N3O2S. The van der Waals surface area contributed by atoms with E-state index in [4.69, 9.17) is 18.0 Å². The molecule has 1 fully saturated rings. The van der Waals surface area contributed by atoms with E-state index in [1.807, 2.05) is 24.3 Å². The number of nitrogens with two attached hydrogens (primary N) is 1. The van der Waals surface area contributed by atoms with Crippen molar-refractivity contribution in [1.82, 2.24) is 10.2 Å². The molecule has 1 aromatic rings. The van der Waals surface area contributed by atoms with Gasteiger partial charge in [0.25, 0.3) is 5.91 Å². The largest absolute Gasteiger partial charge is 0.392 e. The van der Waals surface area contributed by atoms with Crippen LogP contribution in [0.25, 0.3) is 0 Å². The number of hydrogen-bond donors (Lipinski definition) is 2. The molecule has 1 atom stereocenters. The summed E-state index contributed by atoms with van der Waals surface area (Å²) >= 11 is 4.77. The smallest absolute Gasteiger partial charge is 0.325 e. The van der Waals surface area contributed by atoms with Gasteiger partial charge in [-0.05, 0) is 24.5 Å². The van der Waals surface area contributed by atoms with Crippen LogP contribution in [0.2, 0.25) is 0 Å². The van der Waals surface area contributed by atoms with Gasteiger partial charge in [0, 0.05) is 0 Å². The first-order chi connectivity index (χ1) is 9.38. The number of amides is 3. The molecule has 1 aliphatic heterocycles. The molecule has 3 N–H and O–H groups in total. The lowest BCUT2D eigenvalue weighted by Crippen LogP contribution is -2.42. The van der Waals surface area contributed by atoms with Crippen LogP contribution in [0.4, 0.5) is 4.79 Å². The van der Waals surface area contributed by atoms with E-state index < -0.39 is 11.6 Å². The number of carbonyl (C=O) groups excluding carboxylic acids is 2. The van der Waals surface area contributed by atoms with Crippen molar-refractivity contribution in [2.24, 2.45) is 5.73 Å². The molecule has 0 spiro atoms. The molecule has 0 bridgehead atoms.